The summed E-state index contributed by atoms with van der Waals surface area (Å²) < 4.78 is 40.0. The van der Waals surface area contributed by atoms with Crippen molar-refractivity contribution in [2.75, 3.05) is 5.32 Å². The van der Waals surface area contributed by atoms with Crippen LogP contribution in [0.3, 0.4) is 0 Å². The maximum Gasteiger partial charge on any atom is 0.387 e. The normalized spacial score (nSPS) is 12.0. The van der Waals surface area contributed by atoms with Crippen LogP contribution in [-0.4, -0.2) is 24.6 Å². The molecule has 0 fully saturated rings. The summed E-state index contributed by atoms with van der Waals surface area (Å²) in [5.41, 5.74) is 1.17. The van der Waals surface area contributed by atoms with Gasteiger partial charge in [-0.25, -0.2) is 4.79 Å². The first-order chi connectivity index (χ1) is 13.4. The number of anilines is 1. The molecule has 0 aliphatic rings. The van der Waals surface area contributed by atoms with Crippen molar-refractivity contribution in [1.82, 2.24) is 0 Å². The van der Waals surface area contributed by atoms with Crippen molar-refractivity contribution in [3.8, 4) is 5.75 Å². The Labute approximate surface area is 159 Å². The highest BCUT2D eigenvalue weighted by Crippen LogP contribution is 2.27. The maximum absolute atomic E-state index is 12.5. The summed E-state index contributed by atoms with van der Waals surface area (Å²) in [4.78, 5) is 24.7. The molecule has 0 radical (unpaired) electrons. The number of esters is 1. The first-order valence-corrected chi connectivity index (χ1v) is 8.40. The Balaban J connectivity index is 1.70. The lowest BCUT2D eigenvalue weighted by Crippen LogP contribution is -2.30. The zero-order chi connectivity index (χ0) is 20.3. The molecule has 1 aromatic heterocycles. The number of carbonyl (C=O) groups is 2. The van der Waals surface area contributed by atoms with Crippen LogP contribution < -0.4 is 10.1 Å². The molecule has 3 aromatic rings. The molecule has 0 aliphatic carbocycles. The minimum absolute atomic E-state index is 0.00211. The Kier molecular flexibility index (Phi) is 5.58. The number of fused-ring (bicyclic) bond motifs is 1. The van der Waals surface area contributed by atoms with Crippen molar-refractivity contribution in [2.45, 2.75) is 26.6 Å². The van der Waals surface area contributed by atoms with Gasteiger partial charge in [-0.15, -0.1) is 0 Å². The summed E-state index contributed by atoms with van der Waals surface area (Å²) in [6.45, 7) is 0.0387. The Morgan fingerprint density at radius 3 is 2.46 bits per heavy atom. The van der Waals surface area contributed by atoms with Crippen LogP contribution >= 0.6 is 0 Å². The number of aryl methyl sites for hydroxylation is 1. The van der Waals surface area contributed by atoms with Gasteiger partial charge in [-0.2, -0.15) is 8.78 Å². The average molecular weight is 389 g/mol. The Morgan fingerprint density at radius 2 is 1.75 bits per heavy atom. The summed E-state index contributed by atoms with van der Waals surface area (Å²) >= 11 is 0. The van der Waals surface area contributed by atoms with E-state index in [0.29, 0.717) is 11.1 Å². The molecule has 0 saturated heterocycles. The van der Waals surface area contributed by atoms with E-state index in [1.807, 2.05) is 6.07 Å². The van der Waals surface area contributed by atoms with Crippen LogP contribution in [0.25, 0.3) is 11.0 Å². The number of amides is 1. The van der Waals surface area contributed by atoms with Crippen LogP contribution in [0.4, 0.5) is 14.5 Å². The molecule has 3 rings (SSSR count). The van der Waals surface area contributed by atoms with Gasteiger partial charge >= 0.3 is 12.6 Å². The Morgan fingerprint density at radius 1 is 1.07 bits per heavy atom. The van der Waals surface area contributed by atoms with E-state index in [9.17, 15) is 18.4 Å². The molecule has 1 heterocycles. The molecule has 0 unspecified atom stereocenters. The number of ether oxygens (including phenoxy) is 2. The summed E-state index contributed by atoms with van der Waals surface area (Å²) in [5.74, 6) is -1.69. The van der Waals surface area contributed by atoms with Crippen LogP contribution in [0.15, 0.2) is 52.9 Å². The van der Waals surface area contributed by atoms with Crippen molar-refractivity contribution < 1.29 is 32.3 Å². The molecule has 0 saturated carbocycles. The molecule has 1 atom stereocenters. The van der Waals surface area contributed by atoms with E-state index >= 15 is 0 Å². The van der Waals surface area contributed by atoms with Crippen LogP contribution in [0.5, 0.6) is 5.75 Å². The van der Waals surface area contributed by atoms with Gasteiger partial charge in [0.25, 0.3) is 5.91 Å². The molecule has 1 N–H and O–H groups in total. The van der Waals surface area contributed by atoms with Crippen LogP contribution in [0.2, 0.25) is 0 Å². The third-order valence-electron chi connectivity index (χ3n) is 4.04. The minimum atomic E-state index is -3.04. The van der Waals surface area contributed by atoms with Gasteiger partial charge in [-0.05, 0) is 32.0 Å². The fraction of sp³-hybridized carbons (Fsp3) is 0.200. The maximum atomic E-state index is 12.5. The van der Waals surface area contributed by atoms with Gasteiger partial charge in [0.15, 0.2) is 6.10 Å². The van der Waals surface area contributed by atoms with E-state index in [4.69, 9.17) is 9.15 Å². The van der Waals surface area contributed by atoms with Gasteiger partial charge in [0.05, 0.1) is 5.69 Å². The number of hydrogen-bond donors (Lipinski definition) is 1. The monoisotopic (exact) mass is 389 g/mol. The van der Waals surface area contributed by atoms with E-state index in [0.717, 1.165) is 5.39 Å². The largest absolute Gasteiger partial charge is 0.449 e. The third kappa shape index (κ3) is 4.11. The topological polar surface area (TPSA) is 77.8 Å². The fourth-order valence-electron chi connectivity index (χ4n) is 2.64. The fourth-order valence-corrected chi connectivity index (χ4v) is 2.64. The van der Waals surface area contributed by atoms with E-state index in [1.54, 1.807) is 31.2 Å². The van der Waals surface area contributed by atoms with E-state index in [2.05, 4.69) is 10.1 Å². The molecule has 6 nitrogen and oxygen atoms in total. The van der Waals surface area contributed by atoms with Crippen molar-refractivity contribution in [1.29, 1.82) is 0 Å². The van der Waals surface area contributed by atoms with Crippen LogP contribution in [0.1, 0.15) is 23.0 Å². The van der Waals surface area contributed by atoms with Crippen molar-refractivity contribution >= 4 is 28.5 Å². The number of hydrogen-bond acceptors (Lipinski definition) is 5. The molecular formula is C20H17F2NO5. The number of furan rings is 1. The first-order valence-electron chi connectivity index (χ1n) is 8.40. The standard InChI is InChI=1S/C20H17F2NO5/c1-11-13-7-3-5-9-15(13)27-17(11)19(25)26-12(2)18(24)23-14-8-4-6-10-16(14)28-20(21)22/h3-10,12,20H,1-2H3,(H,23,24)/t12-/m0/s1. The molecule has 0 bridgehead atoms. The number of benzene rings is 2. The zero-order valence-corrected chi connectivity index (χ0v) is 15.1. The second kappa shape index (κ2) is 8.08. The molecule has 0 aliphatic heterocycles. The minimum Gasteiger partial charge on any atom is -0.449 e. The summed E-state index contributed by atoms with van der Waals surface area (Å²) in [6.07, 6.45) is -1.19. The van der Waals surface area contributed by atoms with Crippen LogP contribution in [-0.2, 0) is 9.53 Å². The van der Waals surface area contributed by atoms with Gasteiger partial charge in [-0.3, -0.25) is 4.79 Å². The molecule has 0 spiro atoms. The quantitative estimate of drug-likeness (QED) is 0.627. The van der Waals surface area contributed by atoms with Gasteiger partial charge in [0, 0.05) is 10.9 Å². The van der Waals surface area contributed by atoms with Gasteiger partial charge in [-0.1, -0.05) is 30.3 Å². The average Bonchev–Trinajstić information content (AvgIpc) is 3.00. The van der Waals surface area contributed by atoms with Gasteiger partial charge in [0.1, 0.15) is 11.3 Å². The summed E-state index contributed by atoms with van der Waals surface area (Å²) in [7, 11) is 0. The summed E-state index contributed by atoms with van der Waals surface area (Å²) in [5, 5.41) is 3.18. The SMILES string of the molecule is Cc1c(C(=O)O[C@@H](C)C(=O)Nc2ccccc2OC(F)F)oc2ccccc12. The Bertz CT molecular complexity index is 1010. The van der Waals surface area contributed by atoms with Crippen molar-refractivity contribution in [3.63, 3.8) is 0 Å². The van der Waals surface area contributed by atoms with E-state index in [1.165, 1.54) is 25.1 Å². The predicted molar refractivity (Wildman–Crippen MR) is 97.5 cm³/mol. The Hall–Kier alpha value is -3.42. The highest BCUT2D eigenvalue weighted by Gasteiger charge is 2.25. The third-order valence-corrected chi connectivity index (χ3v) is 4.04. The molecule has 28 heavy (non-hydrogen) atoms. The van der Waals surface area contributed by atoms with Gasteiger partial charge in [0.2, 0.25) is 5.76 Å². The highest BCUT2D eigenvalue weighted by atomic mass is 19.3. The van der Waals surface area contributed by atoms with Gasteiger partial charge < -0.3 is 19.2 Å². The van der Waals surface area contributed by atoms with Crippen molar-refractivity contribution in [2.24, 2.45) is 0 Å². The number of carbonyl (C=O) groups excluding carboxylic acids is 2. The number of rotatable bonds is 6. The zero-order valence-electron chi connectivity index (χ0n) is 15.1. The molecule has 1 amide bonds. The lowest BCUT2D eigenvalue weighted by atomic mass is 10.1. The highest BCUT2D eigenvalue weighted by molar-refractivity contribution is 5.99. The summed E-state index contributed by atoms with van der Waals surface area (Å²) in [6, 6.07) is 12.8. The predicted octanol–water partition coefficient (Wildman–Crippen LogP) is 4.53. The lowest BCUT2D eigenvalue weighted by Gasteiger charge is -2.15. The van der Waals surface area contributed by atoms with Crippen molar-refractivity contribution in [3.05, 3.63) is 59.9 Å². The lowest BCUT2D eigenvalue weighted by molar-refractivity contribution is -0.123. The number of halogens is 2. The molecular weight excluding hydrogens is 372 g/mol. The molecule has 146 valence electrons. The van der Waals surface area contributed by atoms with Crippen LogP contribution in [0, 0.1) is 6.92 Å². The molecule has 2 aromatic carbocycles. The number of nitrogens with one attached hydrogen (secondary N) is 1. The smallest absolute Gasteiger partial charge is 0.387 e. The van der Waals surface area contributed by atoms with E-state index in [-0.39, 0.29) is 17.2 Å². The second-order valence-corrected chi connectivity index (χ2v) is 5.96. The second-order valence-electron chi connectivity index (χ2n) is 5.96. The number of para-hydroxylation sites is 3. The first kappa shape index (κ1) is 19.3. The van der Waals surface area contributed by atoms with E-state index < -0.39 is 24.6 Å². The number of alkyl halides is 2. The molecule has 8 heteroatoms.